The van der Waals surface area contributed by atoms with Crippen molar-refractivity contribution in [2.24, 2.45) is 5.73 Å². The number of primary amides is 1. The fourth-order valence-electron chi connectivity index (χ4n) is 3.34. The van der Waals surface area contributed by atoms with Crippen molar-refractivity contribution in [1.82, 2.24) is 4.90 Å². The van der Waals surface area contributed by atoms with Crippen LogP contribution < -0.4 is 20.1 Å². The SMILES string of the molecule is COc1cc(C(=O)N2CC[NH+](Cc3ccccc3)CC2)ccc1OCC(N)=O. The van der Waals surface area contributed by atoms with E-state index in [4.69, 9.17) is 15.2 Å². The third-order valence-electron chi connectivity index (χ3n) is 4.84. The van der Waals surface area contributed by atoms with Crippen LogP contribution >= 0.6 is 0 Å². The number of carbonyl (C=O) groups excluding carboxylic acids is 2. The van der Waals surface area contributed by atoms with Crippen molar-refractivity contribution < 1.29 is 24.0 Å². The molecule has 1 saturated heterocycles. The Morgan fingerprint density at radius 1 is 1.07 bits per heavy atom. The summed E-state index contributed by atoms with van der Waals surface area (Å²) in [5.74, 6) is 0.187. The fourth-order valence-corrected chi connectivity index (χ4v) is 3.34. The Morgan fingerprint density at radius 2 is 1.79 bits per heavy atom. The lowest BCUT2D eigenvalue weighted by molar-refractivity contribution is -0.917. The molecule has 0 unspecified atom stereocenters. The van der Waals surface area contributed by atoms with E-state index < -0.39 is 5.91 Å². The maximum absolute atomic E-state index is 12.9. The highest BCUT2D eigenvalue weighted by molar-refractivity contribution is 5.95. The van der Waals surface area contributed by atoms with E-state index >= 15 is 0 Å². The maximum atomic E-state index is 12.9. The molecule has 2 amide bonds. The third kappa shape index (κ3) is 5.01. The van der Waals surface area contributed by atoms with Crippen LogP contribution in [0.1, 0.15) is 15.9 Å². The van der Waals surface area contributed by atoms with Gasteiger partial charge in [-0.1, -0.05) is 30.3 Å². The molecule has 0 saturated carbocycles. The lowest BCUT2D eigenvalue weighted by Gasteiger charge is -2.32. The first-order chi connectivity index (χ1) is 13.6. The van der Waals surface area contributed by atoms with Gasteiger partial charge in [-0.25, -0.2) is 0 Å². The second kappa shape index (κ2) is 9.23. The first-order valence-electron chi connectivity index (χ1n) is 9.32. The summed E-state index contributed by atoms with van der Waals surface area (Å²) < 4.78 is 10.6. The van der Waals surface area contributed by atoms with Crippen LogP contribution in [0.5, 0.6) is 11.5 Å². The van der Waals surface area contributed by atoms with Crippen LogP contribution in [-0.2, 0) is 11.3 Å². The number of nitrogens with one attached hydrogen (secondary N) is 1. The molecule has 0 spiro atoms. The zero-order valence-corrected chi connectivity index (χ0v) is 16.0. The van der Waals surface area contributed by atoms with E-state index in [0.29, 0.717) is 30.2 Å². The number of hydrogen-bond acceptors (Lipinski definition) is 4. The average molecular weight is 384 g/mol. The van der Waals surface area contributed by atoms with E-state index in [2.05, 4.69) is 24.3 Å². The van der Waals surface area contributed by atoms with Gasteiger partial charge in [0.05, 0.1) is 33.3 Å². The number of piperazine rings is 1. The van der Waals surface area contributed by atoms with Crippen LogP contribution in [0.3, 0.4) is 0 Å². The van der Waals surface area contributed by atoms with Crippen molar-refractivity contribution in [2.75, 3.05) is 39.9 Å². The van der Waals surface area contributed by atoms with Gasteiger partial charge in [0.25, 0.3) is 11.8 Å². The Bertz CT molecular complexity index is 818. The molecule has 0 aliphatic carbocycles. The largest absolute Gasteiger partial charge is 0.493 e. The summed E-state index contributed by atoms with van der Waals surface area (Å²) in [4.78, 5) is 27.1. The van der Waals surface area contributed by atoms with E-state index in [1.165, 1.54) is 17.6 Å². The summed E-state index contributed by atoms with van der Waals surface area (Å²) >= 11 is 0. The molecular formula is C21H26N3O4+. The number of nitrogens with zero attached hydrogens (tertiary/aromatic N) is 1. The molecule has 0 aromatic heterocycles. The Kier molecular flexibility index (Phi) is 6.49. The predicted octanol–water partition coefficient (Wildman–Crippen LogP) is 0.100. The molecule has 2 aromatic carbocycles. The molecule has 1 heterocycles. The highest BCUT2D eigenvalue weighted by Crippen LogP contribution is 2.28. The second-order valence-corrected chi connectivity index (χ2v) is 6.83. The minimum atomic E-state index is -0.571. The standard InChI is InChI=1S/C21H25N3O4/c1-27-19-13-17(7-8-18(19)28-15-20(22)25)21(26)24-11-9-23(10-12-24)14-16-5-3-2-4-6-16/h2-8,13H,9-12,14-15H2,1H3,(H2,22,25)/p+1. The summed E-state index contributed by atoms with van der Waals surface area (Å²) in [5.41, 5.74) is 6.95. The van der Waals surface area contributed by atoms with E-state index in [1.807, 2.05) is 11.0 Å². The van der Waals surface area contributed by atoms with Crippen molar-refractivity contribution in [3.05, 3.63) is 59.7 Å². The highest BCUT2D eigenvalue weighted by Gasteiger charge is 2.25. The summed E-state index contributed by atoms with van der Waals surface area (Å²) in [6.45, 7) is 3.99. The van der Waals surface area contributed by atoms with Gasteiger partial charge in [0.2, 0.25) is 0 Å². The number of benzene rings is 2. The van der Waals surface area contributed by atoms with Gasteiger partial charge in [-0.2, -0.15) is 0 Å². The van der Waals surface area contributed by atoms with Gasteiger partial charge < -0.3 is 25.0 Å². The number of nitrogens with two attached hydrogens (primary N) is 1. The number of hydrogen-bond donors (Lipinski definition) is 2. The monoisotopic (exact) mass is 384 g/mol. The second-order valence-electron chi connectivity index (χ2n) is 6.83. The number of carbonyl (C=O) groups is 2. The summed E-state index contributed by atoms with van der Waals surface area (Å²) in [5, 5.41) is 0. The molecule has 3 N–H and O–H groups in total. The molecule has 1 fully saturated rings. The van der Waals surface area contributed by atoms with Gasteiger partial charge in [-0.05, 0) is 18.2 Å². The van der Waals surface area contributed by atoms with Crippen LogP contribution in [0.2, 0.25) is 0 Å². The molecule has 2 aromatic rings. The molecule has 0 atom stereocenters. The Labute approximate surface area is 164 Å². The minimum Gasteiger partial charge on any atom is -0.493 e. The van der Waals surface area contributed by atoms with Gasteiger partial charge in [0.15, 0.2) is 18.1 Å². The van der Waals surface area contributed by atoms with Gasteiger partial charge in [-0.3, -0.25) is 9.59 Å². The number of methoxy groups -OCH3 is 1. The summed E-state index contributed by atoms with van der Waals surface area (Å²) in [6.07, 6.45) is 0. The van der Waals surface area contributed by atoms with Gasteiger partial charge in [0, 0.05) is 11.1 Å². The topological polar surface area (TPSA) is 86.3 Å². The Hall–Kier alpha value is -3.06. The van der Waals surface area contributed by atoms with Crippen LogP contribution in [0.25, 0.3) is 0 Å². The Balaban J connectivity index is 1.59. The molecule has 148 valence electrons. The first kappa shape index (κ1) is 19.7. The molecule has 0 bridgehead atoms. The molecule has 28 heavy (non-hydrogen) atoms. The number of quaternary nitrogens is 1. The lowest BCUT2D eigenvalue weighted by Crippen LogP contribution is -3.13. The van der Waals surface area contributed by atoms with E-state index in [9.17, 15) is 9.59 Å². The number of amides is 2. The van der Waals surface area contributed by atoms with Gasteiger partial charge in [0.1, 0.15) is 6.54 Å². The quantitative estimate of drug-likeness (QED) is 0.709. The van der Waals surface area contributed by atoms with Crippen LogP contribution in [0.15, 0.2) is 48.5 Å². The zero-order valence-electron chi connectivity index (χ0n) is 16.0. The molecule has 1 aliphatic rings. The molecule has 7 heteroatoms. The minimum absolute atomic E-state index is 0.0292. The highest BCUT2D eigenvalue weighted by atomic mass is 16.5. The molecular weight excluding hydrogens is 358 g/mol. The lowest BCUT2D eigenvalue weighted by atomic mass is 10.1. The molecule has 7 nitrogen and oxygen atoms in total. The van der Waals surface area contributed by atoms with E-state index in [0.717, 1.165) is 19.6 Å². The smallest absolute Gasteiger partial charge is 0.255 e. The molecule has 3 rings (SSSR count). The van der Waals surface area contributed by atoms with Crippen molar-refractivity contribution in [1.29, 1.82) is 0 Å². The van der Waals surface area contributed by atoms with Crippen LogP contribution in [-0.4, -0.2) is 56.6 Å². The fraction of sp³-hybridized carbons (Fsp3) is 0.333. The first-order valence-corrected chi connectivity index (χ1v) is 9.32. The van der Waals surface area contributed by atoms with E-state index in [-0.39, 0.29) is 12.5 Å². The third-order valence-corrected chi connectivity index (χ3v) is 4.84. The van der Waals surface area contributed by atoms with Crippen molar-refractivity contribution in [3.63, 3.8) is 0 Å². The van der Waals surface area contributed by atoms with Crippen LogP contribution in [0, 0.1) is 0 Å². The van der Waals surface area contributed by atoms with E-state index in [1.54, 1.807) is 18.2 Å². The van der Waals surface area contributed by atoms with Crippen molar-refractivity contribution >= 4 is 11.8 Å². The summed E-state index contributed by atoms with van der Waals surface area (Å²) in [6, 6.07) is 15.4. The average Bonchev–Trinajstić information content (AvgIpc) is 2.73. The zero-order chi connectivity index (χ0) is 19.9. The van der Waals surface area contributed by atoms with Gasteiger partial charge in [-0.15, -0.1) is 0 Å². The van der Waals surface area contributed by atoms with Crippen molar-refractivity contribution in [3.8, 4) is 11.5 Å². The Morgan fingerprint density at radius 3 is 2.43 bits per heavy atom. The number of ether oxygens (including phenoxy) is 2. The predicted molar refractivity (Wildman–Crippen MR) is 104 cm³/mol. The van der Waals surface area contributed by atoms with Gasteiger partial charge >= 0.3 is 0 Å². The van der Waals surface area contributed by atoms with Crippen LogP contribution in [0.4, 0.5) is 0 Å². The maximum Gasteiger partial charge on any atom is 0.255 e. The molecule has 1 aliphatic heterocycles. The number of rotatable bonds is 7. The normalized spacial score (nSPS) is 14.5. The van der Waals surface area contributed by atoms with Crippen molar-refractivity contribution in [2.45, 2.75) is 6.54 Å². The molecule has 0 radical (unpaired) electrons. The summed E-state index contributed by atoms with van der Waals surface area (Å²) in [7, 11) is 1.49.